The third-order valence-corrected chi connectivity index (χ3v) is 3.22. The number of aromatic nitrogens is 2. The Bertz CT molecular complexity index is 809. The van der Waals surface area contributed by atoms with Gasteiger partial charge in [0, 0.05) is 10.6 Å². The lowest BCUT2D eigenvalue weighted by molar-refractivity contribution is 0.0699. The van der Waals surface area contributed by atoms with Crippen LogP contribution in [-0.4, -0.2) is 26.2 Å². The Morgan fingerprint density at radius 3 is 2.50 bits per heavy atom. The Labute approximate surface area is 118 Å². The molecule has 3 aromatic rings. The summed E-state index contributed by atoms with van der Waals surface area (Å²) in [5, 5.41) is 19.5. The monoisotopic (exact) mass is 288 g/mol. The number of carbonyl (C=O) groups is 1. The Kier molecular flexibility index (Phi) is 2.84. The van der Waals surface area contributed by atoms with Gasteiger partial charge in [-0.1, -0.05) is 11.6 Å². The number of hydrogen-bond donors (Lipinski definition) is 3. The van der Waals surface area contributed by atoms with Crippen LogP contribution < -0.4 is 0 Å². The molecule has 0 amide bonds. The molecule has 20 heavy (non-hydrogen) atoms. The summed E-state index contributed by atoms with van der Waals surface area (Å²) >= 11 is 5.82. The highest BCUT2D eigenvalue weighted by atomic mass is 35.5. The smallest absolute Gasteiger partial charge is 0.337 e. The van der Waals surface area contributed by atoms with Crippen molar-refractivity contribution in [2.45, 2.75) is 0 Å². The number of carboxylic acids is 1. The molecule has 1 aromatic heterocycles. The van der Waals surface area contributed by atoms with Gasteiger partial charge in [0.1, 0.15) is 22.6 Å². The van der Waals surface area contributed by atoms with Crippen LogP contribution in [0.4, 0.5) is 0 Å². The van der Waals surface area contributed by atoms with Crippen molar-refractivity contribution in [1.82, 2.24) is 9.97 Å². The normalized spacial score (nSPS) is 10.8. The summed E-state index contributed by atoms with van der Waals surface area (Å²) in [5.41, 5.74) is 1.31. The molecule has 0 bridgehead atoms. The highest BCUT2D eigenvalue weighted by Gasteiger charge is 2.16. The van der Waals surface area contributed by atoms with E-state index in [9.17, 15) is 9.90 Å². The number of phenols is 1. The number of aromatic amines is 1. The third kappa shape index (κ3) is 1.98. The molecule has 0 aliphatic rings. The van der Waals surface area contributed by atoms with Crippen molar-refractivity contribution in [2.75, 3.05) is 0 Å². The first kappa shape index (κ1) is 12.5. The van der Waals surface area contributed by atoms with Crippen LogP contribution >= 0.6 is 11.6 Å². The van der Waals surface area contributed by atoms with Gasteiger partial charge in [0.15, 0.2) is 0 Å². The van der Waals surface area contributed by atoms with Gasteiger partial charge in [-0.25, -0.2) is 9.78 Å². The fourth-order valence-corrected chi connectivity index (χ4v) is 2.12. The summed E-state index contributed by atoms with van der Waals surface area (Å²) in [6.45, 7) is 0. The van der Waals surface area contributed by atoms with E-state index in [0.29, 0.717) is 16.4 Å². The summed E-state index contributed by atoms with van der Waals surface area (Å²) in [6, 6.07) is 9.60. The largest absolute Gasteiger partial charge is 0.506 e. The molecular formula is C14H9ClN2O3. The number of phenolic OH excluding ortho intramolecular Hbond substituents is 1. The summed E-state index contributed by atoms with van der Waals surface area (Å²) in [6.07, 6.45) is 0. The van der Waals surface area contributed by atoms with Crippen molar-refractivity contribution in [3.8, 4) is 17.1 Å². The van der Waals surface area contributed by atoms with Gasteiger partial charge >= 0.3 is 5.97 Å². The molecule has 0 atom stereocenters. The number of carboxylic acid groups (broad SMARTS) is 1. The van der Waals surface area contributed by atoms with Crippen molar-refractivity contribution in [1.29, 1.82) is 0 Å². The fourth-order valence-electron chi connectivity index (χ4n) is 2.00. The number of nitrogens with zero attached hydrogens (tertiary/aromatic N) is 1. The minimum absolute atomic E-state index is 0.0364. The zero-order chi connectivity index (χ0) is 14.3. The molecular weight excluding hydrogens is 280 g/mol. The summed E-state index contributed by atoms with van der Waals surface area (Å²) < 4.78 is 0. The first-order valence-corrected chi connectivity index (χ1v) is 6.15. The van der Waals surface area contributed by atoms with Crippen molar-refractivity contribution in [3.63, 3.8) is 0 Å². The van der Waals surface area contributed by atoms with Gasteiger partial charge in [-0.3, -0.25) is 0 Å². The lowest BCUT2D eigenvalue weighted by Gasteiger charge is -1.97. The van der Waals surface area contributed by atoms with Crippen LogP contribution in [0, 0.1) is 0 Å². The second kappa shape index (κ2) is 4.54. The molecule has 0 spiro atoms. The Balaban J connectivity index is 2.24. The van der Waals surface area contributed by atoms with E-state index in [1.54, 1.807) is 24.3 Å². The lowest BCUT2D eigenvalue weighted by Crippen LogP contribution is -1.97. The summed E-state index contributed by atoms with van der Waals surface area (Å²) in [5.74, 6) is -0.664. The second-order valence-corrected chi connectivity index (χ2v) is 4.69. The average molecular weight is 289 g/mol. The van der Waals surface area contributed by atoms with Crippen LogP contribution in [0.3, 0.4) is 0 Å². The van der Waals surface area contributed by atoms with E-state index >= 15 is 0 Å². The third-order valence-electron chi connectivity index (χ3n) is 2.97. The van der Waals surface area contributed by atoms with Gasteiger partial charge in [-0.2, -0.15) is 0 Å². The Morgan fingerprint density at radius 2 is 1.85 bits per heavy atom. The van der Waals surface area contributed by atoms with E-state index in [2.05, 4.69) is 9.97 Å². The van der Waals surface area contributed by atoms with Gasteiger partial charge in [-0.15, -0.1) is 0 Å². The zero-order valence-corrected chi connectivity index (χ0v) is 10.8. The van der Waals surface area contributed by atoms with Gasteiger partial charge < -0.3 is 15.2 Å². The first-order valence-electron chi connectivity index (χ1n) is 5.77. The molecule has 2 aromatic carbocycles. The van der Waals surface area contributed by atoms with Crippen LogP contribution in [-0.2, 0) is 0 Å². The Hall–Kier alpha value is -2.53. The number of aromatic hydroxyl groups is 1. The predicted octanol–water partition coefficient (Wildman–Crippen LogP) is 3.29. The second-order valence-electron chi connectivity index (χ2n) is 4.25. The average Bonchev–Trinajstić information content (AvgIpc) is 2.85. The standard InChI is InChI=1S/C14H9ClN2O3/c15-8-3-1-7(2-4-8)13-16-11-9(14(19)20)5-6-10(18)12(11)17-13/h1-6,18H,(H,16,17)(H,19,20). The number of halogens is 1. The number of benzene rings is 2. The molecule has 0 unspecified atom stereocenters. The number of hydrogen-bond acceptors (Lipinski definition) is 3. The number of aromatic carboxylic acids is 1. The van der Waals surface area contributed by atoms with E-state index in [-0.39, 0.29) is 16.8 Å². The van der Waals surface area contributed by atoms with E-state index in [1.165, 1.54) is 12.1 Å². The molecule has 0 radical (unpaired) electrons. The van der Waals surface area contributed by atoms with Crippen LogP contribution in [0.1, 0.15) is 10.4 Å². The molecule has 5 nitrogen and oxygen atoms in total. The van der Waals surface area contributed by atoms with Gasteiger partial charge in [0.2, 0.25) is 0 Å². The maximum atomic E-state index is 11.2. The van der Waals surface area contributed by atoms with Crippen LogP contribution in [0.5, 0.6) is 5.75 Å². The maximum Gasteiger partial charge on any atom is 0.337 e. The topological polar surface area (TPSA) is 86.2 Å². The van der Waals surface area contributed by atoms with E-state index in [0.717, 1.165) is 5.56 Å². The zero-order valence-electron chi connectivity index (χ0n) is 10.1. The number of fused-ring (bicyclic) bond motifs is 1. The van der Waals surface area contributed by atoms with Gasteiger partial charge in [0.25, 0.3) is 0 Å². The van der Waals surface area contributed by atoms with Crippen molar-refractivity contribution in [2.24, 2.45) is 0 Å². The lowest BCUT2D eigenvalue weighted by atomic mass is 10.2. The van der Waals surface area contributed by atoms with Crippen LogP contribution in [0.2, 0.25) is 5.02 Å². The number of H-pyrrole nitrogens is 1. The van der Waals surface area contributed by atoms with E-state index in [1.807, 2.05) is 0 Å². The highest BCUT2D eigenvalue weighted by Crippen LogP contribution is 2.29. The summed E-state index contributed by atoms with van der Waals surface area (Å²) in [4.78, 5) is 18.3. The molecule has 0 fully saturated rings. The highest BCUT2D eigenvalue weighted by molar-refractivity contribution is 6.30. The van der Waals surface area contributed by atoms with Gasteiger partial charge in [-0.05, 0) is 36.4 Å². The molecule has 0 saturated heterocycles. The SMILES string of the molecule is O=C(O)c1ccc(O)c2[nH]c(-c3ccc(Cl)cc3)nc12. The van der Waals surface area contributed by atoms with E-state index in [4.69, 9.17) is 16.7 Å². The molecule has 6 heteroatoms. The quantitative estimate of drug-likeness (QED) is 0.675. The first-order chi connectivity index (χ1) is 9.56. The number of rotatable bonds is 2. The van der Waals surface area contributed by atoms with Crippen LogP contribution in [0.15, 0.2) is 36.4 Å². The van der Waals surface area contributed by atoms with Gasteiger partial charge in [0.05, 0.1) is 5.56 Å². The Morgan fingerprint density at radius 1 is 1.15 bits per heavy atom. The van der Waals surface area contributed by atoms with Crippen LogP contribution in [0.25, 0.3) is 22.4 Å². The molecule has 3 rings (SSSR count). The molecule has 0 aliphatic carbocycles. The molecule has 100 valence electrons. The maximum absolute atomic E-state index is 11.2. The minimum atomic E-state index is -1.09. The molecule has 0 saturated carbocycles. The minimum Gasteiger partial charge on any atom is -0.506 e. The summed E-state index contributed by atoms with van der Waals surface area (Å²) in [7, 11) is 0. The van der Waals surface area contributed by atoms with E-state index < -0.39 is 5.97 Å². The van der Waals surface area contributed by atoms with Crippen molar-refractivity contribution >= 4 is 28.6 Å². The van der Waals surface area contributed by atoms with Crippen molar-refractivity contribution < 1.29 is 15.0 Å². The molecule has 1 heterocycles. The van der Waals surface area contributed by atoms with Crippen molar-refractivity contribution in [3.05, 3.63) is 47.0 Å². The number of imidazole rings is 1. The fraction of sp³-hybridized carbons (Fsp3) is 0. The number of nitrogens with one attached hydrogen (secondary N) is 1. The predicted molar refractivity (Wildman–Crippen MR) is 75.2 cm³/mol. The molecule has 0 aliphatic heterocycles. The molecule has 3 N–H and O–H groups in total.